The van der Waals surface area contributed by atoms with Crippen LogP contribution in [0.5, 0.6) is 0 Å². The summed E-state index contributed by atoms with van der Waals surface area (Å²) in [6.07, 6.45) is 0. The second kappa shape index (κ2) is 7.16. The Bertz CT molecular complexity index is 680. The highest BCUT2D eigenvalue weighted by molar-refractivity contribution is 7.89. The van der Waals surface area contributed by atoms with Crippen LogP contribution in [0.3, 0.4) is 0 Å². The molecule has 8 heteroatoms. The van der Waals surface area contributed by atoms with Gasteiger partial charge >= 0.3 is 0 Å². The van der Waals surface area contributed by atoms with Gasteiger partial charge in [-0.3, -0.25) is 0 Å². The van der Waals surface area contributed by atoms with Gasteiger partial charge in [0, 0.05) is 5.02 Å². The van der Waals surface area contributed by atoms with Crippen molar-refractivity contribution in [3.8, 4) is 6.07 Å². The number of benzene rings is 1. The van der Waals surface area contributed by atoms with E-state index in [1.807, 2.05) is 6.92 Å². The van der Waals surface area contributed by atoms with Crippen LogP contribution in [0.15, 0.2) is 23.1 Å². The van der Waals surface area contributed by atoms with Crippen LogP contribution in [-0.4, -0.2) is 45.4 Å². The number of quaternary nitrogens is 1. The minimum absolute atomic E-state index is 0.0273. The normalized spacial score (nSPS) is 18.8. The van der Waals surface area contributed by atoms with Crippen molar-refractivity contribution >= 4 is 33.2 Å². The lowest BCUT2D eigenvalue weighted by Crippen LogP contribution is -3.15. The largest absolute Gasteiger partial charge is 0.332 e. The molecule has 1 fully saturated rings. The SMILES string of the molecule is C[C@H](C#N)C[NH+]1CCN(S(=O)(=O)c2cc(Cl)ccc2Cl)CC1. The number of halogens is 2. The topological polar surface area (TPSA) is 65.6 Å². The molecule has 0 aliphatic carbocycles. The Morgan fingerprint density at radius 3 is 2.59 bits per heavy atom. The van der Waals surface area contributed by atoms with Crippen LogP contribution < -0.4 is 4.90 Å². The lowest BCUT2D eigenvalue weighted by atomic mass is 10.2. The van der Waals surface area contributed by atoms with Gasteiger partial charge in [0.15, 0.2) is 0 Å². The van der Waals surface area contributed by atoms with Crippen LogP contribution in [0.1, 0.15) is 6.92 Å². The highest BCUT2D eigenvalue weighted by atomic mass is 35.5. The lowest BCUT2D eigenvalue weighted by Gasteiger charge is -2.32. The zero-order valence-corrected chi connectivity index (χ0v) is 14.5. The van der Waals surface area contributed by atoms with Gasteiger partial charge in [-0.2, -0.15) is 9.57 Å². The first kappa shape index (κ1) is 17.5. The molecule has 5 nitrogen and oxygen atoms in total. The van der Waals surface area contributed by atoms with Gasteiger partial charge in [-0.15, -0.1) is 0 Å². The smallest absolute Gasteiger partial charge is 0.245 e. The summed E-state index contributed by atoms with van der Waals surface area (Å²) in [7, 11) is -3.63. The van der Waals surface area contributed by atoms with Crippen LogP contribution in [0.2, 0.25) is 10.0 Å². The molecule has 0 radical (unpaired) electrons. The summed E-state index contributed by atoms with van der Waals surface area (Å²) >= 11 is 11.9. The van der Waals surface area contributed by atoms with Gasteiger partial charge in [0.2, 0.25) is 10.0 Å². The van der Waals surface area contributed by atoms with Crippen molar-refractivity contribution in [3.05, 3.63) is 28.2 Å². The standard InChI is InChI=1S/C14H17Cl2N3O2S/c1-11(9-17)10-18-4-6-19(7-5-18)22(20,21)14-8-12(15)2-3-13(14)16/h2-3,8,11H,4-7,10H2,1H3/p+1/t11-/m1/s1. The van der Waals surface area contributed by atoms with Crippen molar-refractivity contribution in [1.29, 1.82) is 5.26 Å². The molecule has 2 rings (SSSR count). The molecule has 1 atom stereocenters. The first-order valence-corrected chi connectivity index (χ1v) is 9.22. The lowest BCUT2D eigenvalue weighted by molar-refractivity contribution is -0.905. The van der Waals surface area contributed by atoms with E-state index in [2.05, 4.69) is 6.07 Å². The molecule has 0 aromatic heterocycles. The predicted octanol–water partition coefficient (Wildman–Crippen LogP) is 1.04. The van der Waals surface area contributed by atoms with E-state index in [4.69, 9.17) is 28.5 Å². The van der Waals surface area contributed by atoms with E-state index in [0.29, 0.717) is 31.2 Å². The summed E-state index contributed by atoms with van der Waals surface area (Å²) in [6, 6.07) is 6.65. The van der Waals surface area contributed by atoms with Crippen molar-refractivity contribution in [2.45, 2.75) is 11.8 Å². The third-order valence-electron chi connectivity index (χ3n) is 3.76. The molecule has 0 spiro atoms. The molecule has 1 aromatic carbocycles. The Balaban J connectivity index is 2.10. The third kappa shape index (κ3) is 3.92. The summed E-state index contributed by atoms with van der Waals surface area (Å²) in [6.45, 7) is 4.81. The molecule has 1 heterocycles. The predicted molar refractivity (Wildman–Crippen MR) is 85.6 cm³/mol. The summed E-state index contributed by atoms with van der Waals surface area (Å²) in [5, 5.41) is 9.38. The molecule has 1 N–H and O–H groups in total. The molecule has 0 saturated carbocycles. The Hall–Kier alpha value is -0.840. The molecule has 22 heavy (non-hydrogen) atoms. The van der Waals surface area contributed by atoms with Crippen LogP contribution in [0, 0.1) is 17.2 Å². The zero-order chi connectivity index (χ0) is 16.3. The van der Waals surface area contributed by atoms with Crippen LogP contribution in [0.4, 0.5) is 0 Å². The second-order valence-corrected chi connectivity index (χ2v) is 8.21. The fourth-order valence-electron chi connectivity index (χ4n) is 2.54. The molecule has 0 unspecified atom stereocenters. The molecule has 1 saturated heterocycles. The number of nitrogens with one attached hydrogen (secondary N) is 1. The number of piperazine rings is 1. The van der Waals surface area contributed by atoms with Crippen molar-refractivity contribution in [3.63, 3.8) is 0 Å². The number of hydrogen-bond donors (Lipinski definition) is 1. The molecule has 1 aliphatic heterocycles. The number of rotatable bonds is 4. The molecular weight excluding hydrogens is 345 g/mol. The fraction of sp³-hybridized carbons (Fsp3) is 0.500. The Morgan fingerprint density at radius 1 is 1.36 bits per heavy atom. The van der Waals surface area contributed by atoms with Crippen molar-refractivity contribution in [2.75, 3.05) is 32.7 Å². The van der Waals surface area contributed by atoms with E-state index in [-0.39, 0.29) is 15.8 Å². The average molecular weight is 363 g/mol. The first-order valence-electron chi connectivity index (χ1n) is 7.03. The van der Waals surface area contributed by atoms with Crippen LogP contribution >= 0.6 is 23.2 Å². The summed E-state index contributed by atoms with van der Waals surface area (Å²) < 4.78 is 26.8. The third-order valence-corrected chi connectivity index (χ3v) is 6.37. The summed E-state index contributed by atoms with van der Waals surface area (Å²) in [5.74, 6) is -0.0273. The maximum atomic E-state index is 12.7. The highest BCUT2D eigenvalue weighted by Gasteiger charge is 2.32. The van der Waals surface area contributed by atoms with Crippen molar-refractivity contribution < 1.29 is 13.3 Å². The molecule has 120 valence electrons. The van der Waals surface area contributed by atoms with Gasteiger partial charge in [-0.1, -0.05) is 23.2 Å². The monoisotopic (exact) mass is 362 g/mol. The average Bonchev–Trinajstić information content (AvgIpc) is 2.50. The highest BCUT2D eigenvalue weighted by Crippen LogP contribution is 2.27. The number of hydrogen-bond acceptors (Lipinski definition) is 3. The second-order valence-electron chi connectivity index (χ2n) is 5.46. The molecule has 1 aliphatic rings. The molecular formula is C14H18Cl2N3O2S+. The zero-order valence-electron chi connectivity index (χ0n) is 12.2. The number of nitriles is 1. The Labute approximate surface area is 141 Å². The summed E-state index contributed by atoms with van der Waals surface area (Å²) in [4.78, 5) is 1.30. The molecule has 0 bridgehead atoms. The summed E-state index contributed by atoms with van der Waals surface area (Å²) in [5.41, 5.74) is 0. The maximum Gasteiger partial charge on any atom is 0.245 e. The van der Waals surface area contributed by atoms with Gasteiger partial charge in [-0.25, -0.2) is 8.42 Å². The van der Waals surface area contributed by atoms with Gasteiger partial charge in [0.1, 0.15) is 4.90 Å². The van der Waals surface area contributed by atoms with Crippen molar-refractivity contribution in [2.24, 2.45) is 5.92 Å². The van der Waals surface area contributed by atoms with E-state index in [1.54, 1.807) is 6.07 Å². The van der Waals surface area contributed by atoms with E-state index < -0.39 is 10.0 Å². The fourth-order valence-corrected chi connectivity index (χ4v) is 4.72. The van der Waals surface area contributed by atoms with Gasteiger partial charge in [-0.05, 0) is 25.1 Å². The van der Waals surface area contributed by atoms with Gasteiger partial charge in [0.05, 0.1) is 49.7 Å². The van der Waals surface area contributed by atoms with E-state index in [9.17, 15) is 8.42 Å². The van der Waals surface area contributed by atoms with Crippen LogP contribution in [0.25, 0.3) is 0 Å². The minimum Gasteiger partial charge on any atom is -0.332 e. The molecule has 1 aromatic rings. The van der Waals surface area contributed by atoms with Gasteiger partial charge in [0.25, 0.3) is 0 Å². The number of nitrogens with zero attached hydrogens (tertiary/aromatic N) is 2. The van der Waals surface area contributed by atoms with E-state index in [1.165, 1.54) is 21.3 Å². The first-order chi connectivity index (χ1) is 10.3. The van der Waals surface area contributed by atoms with E-state index >= 15 is 0 Å². The number of sulfonamides is 1. The maximum absolute atomic E-state index is 12.7. The van der Waals surface area contributed by atoms with Crippen LogP contribution in [-0.2, 0) is 10.0 Å². The quantitative estimate of drug-likeness (QED) is 0.870. The minimum atomic E-state index is -3.63. The Morgan fingerprint density at radius 2 is 2.00 bits per heavy atom. The van der Waals surface area contributed by atoms with Crippen molar-refractivity contribution in [1.82, 2.24) is 4.31 Å². The van der Waals surface area contributed by atoms with E-state index in [0.717, 1.165) is 6.54 Å². The Kier molecular flexibility index (Phi) is 5.70. The molecule has 0 amide bonds. The van der Waals surface area contributed by atoms with Gasteiger partial charge < -0.3 is 4.90 Å².